The van der Waals surface area contributed by atoms with Crippen LogP contribution in [0.25, 0.3) is 10.9 Å². The van der Waals surface area contributed by atoms with Crippen molar-refractivity contribution >= 4 is 79.7 Å². The number of hydrogen-bond acceptors (Lipinski definition) is 13. The van der Waals surface area contributed by atoms with Gasteiger partial charge < -0.3 is 64.5 Å². The normalized spacial score (nSPS) is 23.7. The smallest absolute Gasteiger partial charge is 0.245 e. The zero-order valence-corrected chi connectivity index (χ0v) is 43.7. The summed E-state index contributed by atoms with van der Waals surface area (Å²) >= 11 is 0. The van der Waals surface area contributed by atoms with Crippen LogP contribution in [0.1, 0.15) is 48.4 Å². The summed E-state index contributed by atoms with van der Waals surface area (Å²) in [5.41, 5.74) is 21.4. The lowest BCUT2D eigenvalue weighted by molar-refractivity contribution is -0.137. The average Bonchev–Trinajstić information content (AvgIpc) is 3.82. The summed E-state index contributed by atoms with van der Waals surface area (Å²) in [6.45, 7) is 1.53. The highest BCUT2D eigenvalue weighted by atomic mass is 33.1. The molecule has 0 radical (unpaired) electrons. The number of nitrogens with two attached hydrogens (primary N) is 3. The Morgan fingerprint density at radius 1 is 0.553 bits per heavy atom. The predicted octanol–water partition coefficient (Wildman–Crippen LogP) is 0.550. The van der Waals surface area contributed by atoms with E-state index in [1.165, 1.54) is 6.92 Å². The SMILES string of the molecule is C[C@@H](O)[C@@H]1NC(=O)[C@H](CCCCN)NC(=O)[C@@H](Cc2c[nH]c3ccccc23)NC(=O)[C@H](Cc2ccccc2)NC(=O)[C@H](Cc2ccccc2)NC(=O)[C@H](N)CSSC[C@@H](C(N)=O)NC(=O)[C@H](Cc2ccccc2)NC1=O. The van der Waals surface area contributed by atoms with E-state index >= 15 is 0 Å². The number of nitrogens with one attached hydrogen (secondary N) is 8. The van der Waals surface area contributed by atoms with Crippen molar-refractivity contribution in [2.24, 2.45) is 17.2 Å². The number of unbranched alkanes of at least 4 members (excludes halogenated alkanes) is 1. The number of rotatable bonds is 14. The molecule has 9 atom stereocenters. The van der Waals surface area contributed by atoms with Crippen molar-refractivity contribution in [3.63, 3.8) is 0 Å². The highest BCUT2D eigenvalue weighted by Crippen LogP contribution is 2.23. The minimum absolute atomic E-state index is 0.00747. The number of carbonyl (C=O) groups is 8. The van der Waals surface area contributed by atoms with Crippen molar-refractivity contribution in [3.05, 3.63) is 144 Å². The van der Waals surface area contributed by atoms with Gasteiger partial charge in [0.2, 0.25) is 47.3 Å². The lowest BCUT2D eigenvalue weighted by Gasteiger charge is -2.29. The summed E-state index contributed by atoms with van der Waals surface area (Å²) in [6, 6.07) is 23.1. The molecule has 0 aliphatic carbocycles. The Bertz CT molecular complexity index is 2750. The maximum Gasteiger partial charge on any atom is 0.245 e. The quantitative estimate of drug-likeness (QED) is 0.0535. The molecule has 404 valence electrons. The Balaban J connectivity index is 1.39. The summed E-state index contributed by atoms with van der Waals surface area (Å²) in [7, 11) is 2.21. The summed E-state index contributed by atoms with van der Waals surface area (Å²) < 4.78 is 0. The molecule has 1 aliphatic heterocycles. The number of fused-ring (bicyclic) bond motifs is 1. The highest BCUT2D eigenvalue weighted by Gasteiger charge is 2.36. The van der Waals surface area contributed by atoms with Crippen molar-refractivity contribution < 1.29 is 43.5 Å². The molecule has 2 heterocycles. The summed E-state index contributed by atoms with van der Waals surface area (Å²) in [6.07, 6.45) is 0.790. The van der Waals surface area contributed by atoms with E-state index in [4.69, 9.17) is 17.2 Å². The fourth-order valence-corrected chi connectivity index (χ4v) is 10.8. The molecule has 5 aromatic rings. The summed E-state index contributed by atoms with van der Waals surface area (Å²) in [4.78, 5) is 117. The van der Waals surface area contributed by atoms with Gasteiger partial charge in [-0.1, -0.05) is 131 Å². The number of para-hydroxylation sites is 1. The molecule has 1 aromatic heterocycles. The van der Waals surface area contributed by atoms with E-state index in [2.05, 4.69) is 42.2 Å². The van der Waals surface area contributed by atoms with Gasteiger partial charge in [-0.05, 0) is 61.1 Å². The minimum Gasteiger partial charge on any atom is -0.391 e. The van der Waals surface area contributed by atoms with Gasteiger partial charge in [-0.3, -0.25) is 38.4 Å². The van der Waals surface area contributed by atoms with Crippen molar-refractivity contribution in [2.75, 3.05) is 18.1 Å². The number of H-pyrrole nitrogens is 1. The second-order valence-corrected chi connectivity index (χ2v) is 21.1. The molecule has 6 rings (SSSR count). The van der Waals surface area contributed by atoms with Crippen LogP contribution < -0.4 is 54.4 Å². The van der Waals surface area contributed by atoms with Crippen LogP contribution in [-0.2, 0) is 64.0 Å². The van der Waals surface area contributed by atoms with Gasteiger partial charge in [-0.15, -0.1) is 0 Å². The van der Waals surface area contributed by atoms with E-state index in [1.807, 2.05) is 24.3 Å². The summed E-state index contributed by atoms with van der Waals surface area (Å²) in [5.74, 6) is -6.57. The van der Waals surface area contributed by atoms with Crippen LogP contribution in [0.4, 0.5) is 0 Å². The zero-order valence-electron chi connectivity index (χ0n) is 42.1. The van der Waals surface area contributed by atoms with E-state index < -0.39 is 102 Å². The number of aromatic nitrogens is 1. The molecule has 0 bridgehead atoms. The van der Waals surface area contributed by atoms with Crippen LogP contribution in [0.2, 0.25) is 0 Å². The molecule has 0 spiro atoms. The van der Waals surface area contributed by atoms with E-state index in [1.54, 1.807) is 97.2 Å². The minimum atomic E-state index is -1.67. The predicted molar refractivity (Wildman–Crippen MR) is 293 cm³/mol. The number of aliphatic hydroxyl groups is 1. The number of carbonyl (C=O) groups excluding carboxylic acids is 8. The third kappa shape index (κ3) is 17.4. The van der Waals surface area contributed by atoms with Crippen LogP contribution >= 0.6 is 21.6 Å². The van der Waals surface area contributed by atoms with Crippen LogP contribution in [0.15, 0.2) is 121 Å². The van der Waals surface area contributed by atoms with Gasteiger partial charge in [0.15, 0.2) is 0 Å². The molecule has 15 N–H and O–H groups in total. The molecule has 76 heavy (non-hydrogen) atoms. The van der Waals surface area contributed by atoms with E-state index in [9.17, 15) is 43.5 Å². The van der Waals surface area contributed by atoms with Gasteiger partial charge in [-0.2, -0.15) is 0 Å². The number of hydrogen-bond donors (Lipinski definition) is 12. The molecule has 0 saturated carbocycles. The van der Waals surface area contributed by atoms with E-state index in [-0.39, 0.29) is 50.2 Å². The van der Waals surface area contributed by atoms with Crippen molar-refractivity contribution in [1.29, 1.82) is 0 Å². The first kappa shape index (κ1) is 58.0. The molecule has 4 aromatic carbocycles. The first-order valence-corrected chi connectivity index (χ1v) is 27.6. The van der Waals surface area contributed by atoms with Crippen LogP contribution in [-0.4, -0.2) is 130 Å². The Labute approximate surface area is 448 Å². The average molecular weight is 1080 g/mol. The van der Waals surface area contributed by atoms with Crippen LogP contribution in [0.5, 0.6) is 0 Å². The fraction of sp³-hybridized carbons (Fsp3) is 0.370. The molecule has 20 nitrogen and oxygen atoms in total. The monoisotopic (exact) mass is 1080 g/mol. The first-order valence-electron chi connectivity index (χ1n) is 25.1. The second kappa shape index (κ2) is 29.2. The molecule has 1 fully saturated rings. The van der Waals surface area contributed by atoms with Gasteiger partial charge in [0.25, 0.3) is 0 Å². The molecule has 0 unspecified atom stereocenters. The Morgan fingerprint density at radius 3 is 1.50 bits per heavy atom. The number of aromatic amines is 1. The Kier molecular flexibility index (Phi) is 22.3. The van der Waals surface area contributed by atoms with Gasteiger partial charge in [0.05, 0.1) is 12.1 Å². The Morgan fingerprint density at radius 2 is 0.987 bits per heavy atom. The highest BCUT2D eigenvalue weighted by molar-refractivity contribution is 8.76. The fourth-order valence-electron chi connectivity index (χ4n) is 8.47. The first-order chi connectivity index (χ1) is 36.6. The number of aliphatic hydroxyl groups excluding tert-OH is 1. The van der Waals surface area contributed by atoms with E-state index in [0.717, 1.165) is 32.5 Å². The molecular weight excluding hydrogens is 1010 g/mol. The number of amides is 8. The molecule has 1 aliphatic rings. The third-order valence-electron chi connectivity index (χ3n) is 12.7. The maximum absolute atomic E-state index is 14.8. The van der Waals surface area contributed by atoms with Gasteiger partial charge in [0.1, 0.15) is 42.3 Å². The zero-order chi connectivity index (χ0) is 54.6. The number of benzene rings is 4. The lowest BCUT2D eigenvalue weighted by Crippen LogP contribution is -2.62. The lowest BCUT2D eigenvalue weighted by atomic mass is 10.00. The molecule has 8 amide bonds. The van der Waals surface area contributed by atoms with Gasteiger partial charge >= 0.3 is 0 Å². The van der Waals surface area contributed by atoms with Crippen molar-refractivity contribution in [1.82, 2.24) is 42.2 Å². The third-order valence-corrected chi connectivity index (χ3v) is 15.1. The maximum atomic E-state index is 14.8. The molecule has 1 saturated heterocycles. The summed E-state index contributed by atoms with van der Waals surface area (Å²) in [5, 5.41) is 30.9. The second-order valence-electron chi connectivity index (χ2n) is 18.6. The van der Waals surface area contributed by atoms with Crippen LogP contribution in [0, 0.1) is 0 Å². The van der Waals surface area contributed by atoms with Crippen molar-refractivity contribution in [3.8, 4) is 0 Å². The Hall–Kier alpha value is -7.24. The number of primary amides is 1. The molecule has 22 heteroatoms. The van der Waals surface area contributed by atoms with Gasteiger partial charge in [0, 0.05) is 54.3 Å². The standard InChI is InChI=1S/C54H67N11O9S2/c1-32(66)46-54(74)63-43(27-35-19-9-4-10-20-35)52(72)64-45(47(57)67)31-76-75-30-38(56)48(68)60-41(25-33-15-5-2-6-16-33)50(70)61-42(26-34-17-7-3-8-18-34)51(71)62-44(28-36-29-58-39-22-12-11-21-37(36)39)53(73)59-40(49(69)65-46)23-13-14-24-55/h2-12,15-22,29,32,38,40-46,58,66H,13-14,23-28,30-31,55-56H2,1H3,(H2,57,67)(H,59,73)(H,60,68)(H,61,70)(H,62,71)(H,63,74)(H,64,72)(H,65,69)/t32-,38-,40+,41+,42+,43+,44-,45+,46+/m1/s1. The van der Waals surface area contributed by atoms with Gasteiger partial charge in [-0.25, -0.2) is 0 Å². The van der Waals surface area contributed by atoms with Crippen molar-refractivity contribution in [2.45, 2.75) is 106 Å². The largest absolute Gasteiger partial charge is 0.391 e. The molecular formula is C54H67N11O9S2. The topological polar surface area (TPSA) is 335 Å². The van der Waals surface area contributed by atoms with E-state index in [0.29, 0.717) is 35.1 Å². The van der Waals surface area contributed by atoms with Crippen LogP contribution in [0.3, 0.4) is 0 Å².